The standard InChI is InChI=1S/C6H4BBrO2/c8-4-1-2-6(9)5(3-4)7-10/h1-3,9H. The maximum absolute atomic E-state index is 10.2. The van der Waals surface area contributed by atoms with Crippen molar-refractivity contribution in [1.82, 2.24) is 0 Å². The Hall–Kier alpha value is -0.635. The van der Waals surface area contributed by atoms with Gasteiger partial charge in [-0.3, -0.25) is 0 Å². The van der Waals surface area contributed by atoms with Gasteiger partial charge in [0.05, 0.1) is 0 Å². The molecule has 0 aromatic heterocycles. The van der Waals surface area contributed by atoms with Gasteiger partial charge in [0.25, 0.3) is 0 Å². The van der Waals surface area contributed by atoms with Crippen LogP contribution in [-0.2, 0) is 4.70 Å². The van der Waals surface area contributed by atoms with E-state index in [-0.39, 0.29) is 5.75 Å². The second kappa shape index (κ2) is 2.97. The predicted octanol–water partition coefficient (Wildman–Crippen LogP) is 0.830. The molecule has 0 aliphatic carbocycles. The number of benzene rings is 1. The number of hydrogen-bond acceptors (Lipinski definition) is 2. The van der Waals surface area contributed by atoms with E-state index in [1.165, 1.54) is 6.07 Å². The quantitative estimate of drug-likeness (QED) is 0.679. The van der Waals surface area contributed by atoms with Crippen LogP contribution in [0.3, 0.4) is 0 Å². The minimum absolute atomic E-state index is 0.0122. The van der Waals surface area contributed by atoms with Crippen LogP contribution in [-0.4, -0.2) is 12.3 Å². The van der Waals surface area contributed by atoms with Crippen molar-refractivity contribution in [2.45, 2.75) is 0 Å². The first-order valence-corrected chi connectivity index (χ1v) is 3.47. The molecule has 1 rings (SSSR count). The maximum atomic E-state index is 10.2. The molecule has 50 valence electrons. The first kappa shape index (κ1) is 7.47. The Kier molecular flexibility index (Phi) is 2.22. The summed E-state index contributed by atoms with van der Waals surface area (Å²) in [7, 11) is 0.611. The first-order valence-electron chi connectivity index (χ1n) is 2.68. The molecule has 1 N–H and O–H groups in total. The number of phenolic OH excluding ortho intramolecular Hbond substituents is 1. The van der Waals surface area contributed by atoms with Gasteiger partial charge in [0.15, 0.2) is 0 Å². The van der Waals surface area contributed by atoms with Gasteiger partial charge in [-0.25, -0.2) is 0 Å². The summed E-state index contributed by atoms with van der Waals surface area (Å²) in [5.74, 6) is 0.0122. The van der Waals surface area contributed by atoms with Crippen LogP contribution in [0.2, 0.25) is 0 Å². The number of hydrogen-bond donors (Lipinski definition) is 1. The van der Waals surface area contributed by atoms with Gasteiger partial charge < -0.3 is 0 Å². The van der Waals surface area contributed by atoms with E-state index in [2.05, 4.69) is 15.9 Å². The van der Waals surface area contributed by atoms with Crippen molar-refractivity contribution in [2.24, 2.45) is 0 Å². The molecule has 0 radical (unpaired) electrons. The zero-order chi connectivity index (χ0) is 7.56. The Morgan fingerprint density at radius 1 is 1.50 bits per heavy atom. The van der Waals surface area contributed by atoms with Gasteiger partial charge in [-0.05, 0) is 0 Å². The molecule has 0 bridgehead atoms. The van der Waals surface area contributed by atoms with Gasteiger partial charge >= 0.3 is 66.8 Å². The normalized spacial score (nSPS) is 8.90. The SMILES string of the molecule is O=Bc1cc(Br)ccc1O. The molecular weight excluding hydrogens is 195 g/mol. The van der Waals surface area contributed by atoms with Crippen molar-refractivity contribution >= 4 is 28.5 Å². The third-order valence-corrected chi connectivity index (χ3v) is 1.61. The van der Waals surface area contributed by atoms with Gasteiger partial charge in [0.1, 0.15) is 0 Å². The van der Waals surface area contributed by atoms with E-state index in [1.807, 2.05) is 0 Å². The van der Waals surface area contributed by atoms with Gasteiger partial charge in [-0.15, -0.1) is 0 Å². The molecule has 4 heteroatoms. The Bertz CT molecular complexity index is 262. The monoisotopic (exact) mass is 198 g/mol. The van der Waals surface area contributed by atoms with Crippen molar-refractivity contribution in [1.29, 1.82) is 0 Å². The fraction of sp³-hybridized carbons (Fsp3) is 0. The van der Waals surface area contributed by atoms with E-state index in [1.54, 1.807) is 12.1 Å². The van der Waals surface area contributed by atoms with Crippen molar-refractivity contribution in [2.75, 3.05) is 0 Å². The summed E-state index contributed by atoms with van der Waals surface area (Å²) in [6.45, 7) is 0. The zero-order valence-corrected chi connectivity index (χ0v) is 6.63. The molecule has 0 heterocycles. The van der Waals surface area contributed by atoms with Crippen LogP contribution in [0.4, 0.5) is 0 Å². The molecule has 0 fully saturated rings. The number of phenols is 1. The van der Waals surface area contributed by atoms with Crippen LogP contribution >= 0.6 is 15.9 Å². The molecule has 0 amide bonds. The summed E-state index contributed by atoms with van der Waals surface area (Å²) in [6, 6.07) is 4.69. The van der Waals surface area contributed by atoms with Crippen LogP contribution in [0.25, 0.3) is 0 Å². The fourth-order valence-corrected chi connectivity index (χ4v) is 0.999. The van der Waals surface area contributed by atoms with E-state index < -0.39 is 0 Å². The minimum atomic E-state index is 0.0122. The Labute approximate surface area is 67.3 Å². The molecule has 0 unspecified atom stereocenters. The molecule has 0 atom stereocenters. The zero-order valence-electron chi connectivity index (χ0n) is 5.04. The van der Waals surface area contributed by atoms with Crippen molar-refractivity contribution < 1.29 is 9.81 Å². The van der Waals surface area contributed by atoms with Crippen LogP contribution in [0.5, 0.6) is 5.75 Å². The second-order valence-electron chi connectivity index (χ2n) is 1.82. The average molecular weight is 199 g/mol. The van der Waals surface area contributed by atoms with Crippen LogP contribution < -0.4 is 5.46 Å². The van der Waals surface area contributed by atoms with Gasteiger partial charge in [0, 0.05) is 0 Å². The molecule has 10 heavy (non-hydrogen) atoms. The van der Waals surface area contributed by atoms with E-state index in [0.29, 0.717) is 12.6 Å². The molecule has 0 aliphatic heterocycles. The van der Waals surface area contributed by atoms with Crippen LogP contribution in [0.1, 0.15) is 0 Å². The number of halogens is 1. The Morgan fingerprint density at radius 3 is 2.70 bits per heavy atom. The summed E-state index contributed by atoms with van der Waals surface area (Å²) >= 11 is 3.17. The summed E-state index contributed by atoms with van der Waals surface area (Å²) < 4.78 is 11.0. The molecule has 0 spiro atoms. The molecular formula is C6H4BBrO2. The number of rotatable bonds is 1. The molecule has 0 saturated heterocycles. The molecule has 2 nitrogen and oxygen atoms in total. The molecule has 1 aromatic carbocycles. The van der Waals surface area contributed by atoms with Gasteiger partial charge in [0.2, 0.25) is 0 Å². The Morgan fingerprint density at radius 2 is 2.20 bits per heavy atom. The predicted molar refractivity (Wildman–Crippen MR) is 41.9 cm³/mol. The van der Waals surface area contributed by atoms with Crippen molar-refractivity contribution in [3.63, 3.8) is 0 Å². The third kappa shape index (κ3) is 1.45. The van der Waals surface area contributed by atoms with E-state index in [0.717, 1.165) is 4.47 Å². The topological polar surface area (TPSA) is 37.3 Å². The molecule has 0 saturated carbocycles. The summed E-state index contributed by atoms with van der Waals surface area (Å²) in [5, 5.41) is 8.98. The van der Waals surface area contributed by atoms with E-state index in [4.69, 9.17) is 5.11 Å². The average Bonchev–Trinajstić information content (AvgIpc) is 1.94. The van der Waals surface area contributed by atoms with Crippen LogP contribution in [0.15, 0.2) is 22.7 Å². The summed E-state index contributed by atoms with van der Waals surface area (Å²) in [4.78, 5) is 0. The van der Waals surface area contributed by atoms with Crippen molar-refractivity contribution in [3.05, 3.63) is 22.7 Å². The van der Waals surface area contributed by atoms with E-state index in [9.17, 15) is 4.70 Å². The number of aromatic hydroxyl groups is 1. The summed E-state index contributed by atoms with van der Waals surface area (Å²) in [6.07, 6.45) is 0. The Balaban J connectivity index is 3.21. The van der Waals surface area contributed by atoms with Gasteiger partial charge in [-0.2, -0.15) is 0 Å². The van der Waals surface area contributed by atoms with Crippen molar-refractivity contribution in [3.8, 4) is 5.75 Å². The molecule has 0 aliphatic rings. The fourth-order valence-electron chi connectivity index (χ4n) is 0.620. The van der Waals surface area contributed by atoms with Gasteiger partial charge in [-0.1, -0.05) is 0 Å². The molecule has 1 aromatic rings. The third-order valence-electron chi connectivity index (χ3n) is 1.12. The van der Waals surface area contributed by atoms with E-state index >= 15 is 0 Å². The summed E-state index contributed by atoms with van der Waals surface area (Å²) in [5.41, 5.74) is 0.300. The van der Waals surface area contributed by atoms with Crippen LogP contribution in [0, 0.1) is 0 Å². The second-order valence-corrected chi connectivity index (χ2v) is 2.74. The first-order chi connectivity index (χ1) is 4.74.